The summed E-state index contributed by atoms with van der Waals surface area (Å²) in [6.45, 7) is 6.40. The molecule has 1 rings (SSSR count). The molecule has 0 radical (unpaired) electrons. The van der Waals surface area contributed by atoms with Gasteiger partial charge in [0.05, 0.1) is 17.3 Å². The van der Waals surface area contributed by atoms with Gasteiger partial charge in [0.15, 0.2) is 11.5 Å². The van der Waals surface area contributed by atoms with Crippen molar-refractivity contribution in [2.45, 2.75) is 6.92 Å². The van der Waals surface area contributed by atoms with Crippen molar-refractivity contribution in [1.82, 2.24) is 0 Å². The summed E-state index contributed by atoms with van der Waals surface area (Å²) in [5.74, 6) is 1.21. The quantitative estimate of drug-likeness (QED) is 0.380. The van der Waals surface area contributed by atoms with Gasteiger partial charge in [0.25, 0.3) is 0 Å². The lowest BCUT2D eigenvalue weighted by atomic mass is 10.2. The van der Waals surface area contributed by atoms with Gasteiger partial charge in [-0.1, -0.05) is 17.8 Å². The third-order valence-electron chi connectivity index (χ3n) is 1.88. The summed E-state index contributed by atoms with van der Waals surface area (Å²) in [6, 6.07) is 3.52. The predicted molar refractivity (Wildman–Crippen MR) is 70.4 cm³/mol. The number of oxime groups is 1. The molecule has 0 aliphatic rings. The Hall–Kier alpha value is -1.49. The van der Waals surface area contributed by atoms with Gasteiger partial charge in [-0.2, -0.15) is 0 Å². The van der Waals surface area contributed by atoms with Crippen LogP contribution in [0.15, 0.2) is 34.4 Å². The Balaban J connectivity index is 3.12. The normalized spacial score (nSPS) is 10.5. The molecule has 0 aliphatic heterocycles. The van der Waals surface area contributed by atoms with Crippen LogP contribution in [0, 0.1) is 0 Å². The maximum absolute atomic E-state index is 8.51. The smallest absolute Gasteiger partial charge is 0.175 e. The van der Waals surface area contributed by atoms with Crippen LogP contribution in [0.4, 0.5) is 0 Å². The maximum Gasteiger partial charge on any atom is 0.175 e. The average molecular weight is 300 g/mol. The van der Waals surface area contributed by atoms with Crippen molar-refractivity contribution in [1.29, 1.82) is 0 Å². The van der Waals surface area contributed by atoms with Crippen LogP contribution >= 0.6 is 15.9 Å². The maximum atomic E-state index is 8.51. The van der Waals surface area contributed by atoms with Crippen molar-refractivity contribution in [2.75, 3.05) is 13.2 Å². The van der Waals surface area contributed by atoms with Gasteiger partial charge in [0, 0.05) is 5.56 Å². The number of hydrogen-bond donors (Lipinski definition) is 1. The molecule has 0 saturated carbocycles. The van der Waals surface area contributed by atoms with Gasteiger partial charge in [-0.05, 0) is 35.0 Å². The van der Waals surface area contributed by atoms with Gasteiger partial charge in [-0.15, -0.1) is 0 Å². The summed E-state index contributed by atoms with van der Waals surface area (Å²) in [6.07, 6.45) is 2.98. The fraction of sp³-hybridized carbons (Fsp3) is 0.250. The molecule has 0 unspecified atom stereocenters. The first-order valence-electron chi connectivity index (χ1n) is 5.10. The molecule has 1 aromatic rings. The molecule has 0 spiro atoms. The van der Waals surface area contributed by atoms with E-state index in [4.69, 9.17) is 14.7 Å². The lowest BCUT2D eigenvalue weighted by Crippen LogP contribution is -2.00. The Morgan fingerprint density at radius 3 is 2.82 bits per heavy atom. The summed E-state index contributed by atoms with van der Waals surface area (Å²) in [5, 5.41) is 11.5. The van der Waals surface area contributed by atoms with Crippen LogP contribution in [0.1, 0.15) is 12.5 Å². The van der Waals surface area contributed by atoms with E-state index in [1.54, 1.807) is 18.2 Å². The molecule has 0 fully saturated rings. The van der Waals surface area contributed by atoms with Gasteiger partial charge in [0.1, 0.15) is 6.61 Å². The summed E-state index contributed by atoms with van der Waals surface area (Å²) >= 11 is 3.39. The molecule has 0 aromatic heterocycles. The Morgan fingerprint density at radius 2 is 2.24 bits per heavy atom. The standard InChI is InChI=1S/C12H14BrNO3/c1-3-5-17-12-10(13)6-9(8-14-15)7-11(12)16-4-2/h3,6-8,15H,1,4-5H2,2H3/b14-8+. The minimum atomic E-state index is 0.395. The molecule has 92 valence electrons. The van der Waals surface area contributed by atoms with Crippen LogP contribution in [0.3, 0.4) is 0 Å². The topological polar surface area (TPSA) is 51.0 Å². The fourth-order valence-electron chi connectivity index (χ4n) is 1.27. The average Bonchev–Trinajstić information content (AvgIpc) is 2.29. The molecule has 0 heterocycles. The van der Waals surface area contributed by atoms with Crippen molar-refractivity contribution in [3.05, 3.63) is 34.8 Å². The molecule has 4 nitrogen and oxygen atoms in total. The molecule has 0 aliphatic carbocycles. The van der Waals surface area contributed by atoms with Crippen molar-refractivity contribution >= 4 is 22.1 Å². The highest BCUT2D eigenvalue weighted by molar-refractivity contribution is 9.10. The number of ether oxygens (including phenoxy) is 2. The fourth-order valence-corrected chi connectivity index (χ4v) is 1.85. The van der Waals surface area contributed by atoms with E-state index in [1.807, 2.05) is 6.92 Å². The third-order valence-corrected chi connectivity index (χ3v) is 2.47. The molecule has 1 N–H and O–H groups in total. The first-order valence-corrected chi connectivity index (χ1v) is 5.89. The first-order chi connectivity index (χ1) is 8.22. The minimum Gasteiger partial charge on any atom is -0.490 e. The summed E-state index contributed by atoms with van der Waals surface area (Å²) < 4.78 is 11.7. The zero-order valence-electron chi connectivity index (χ0n) is 9.52. The van der Waals surface area contributed by atoms with Crippen LogP contribution in [0.25, 0.3) is 0 Å². The van der Waals surface area contributed by atoms with Gasteiger partial charge >= 0.3 is 0 Å². The van der Waals surface area contributed by atoms with E-state index in [-0.39, 0.29) is 0 Å². The minimum absolute atomic E-state index is 0.395. The highest BCUT2D eigenvalue weighted by Gasteiger charge is 2.11. The Morgan fingerprint density at radius 1 is 1.47 bits per heavy atom. The Bertz CT molecular complexity index is 418. The summed E-state index contributed by atoms with van der Waals surface area (Å²) in [5.41, 5.74) is 0.716. The largest absolute Gasteiger partial charge is 0.490 e. The van der Waals surface area contributed by atoms with Gasteiger partial charge < -0.3 is 14.7 Å². The number of nitrogens with zero attached hydrogens (tertiary/aromatic N) is 1. The number of hydrogen-bond acceptors (Lipinski definition) is 4. The van der Waals surface area contributed by atoms with Crippen LogP contribution in [-0.2, 0) is 0 Å². The SMILES string of the molecule is C=CCOc1c(Br)cc(/C=N/O)cc1OCC. The van der Waals surface area contributed by atoms with E-state index in [9.17, 15) is 0 Å². The second kappa shape index (κ2) is 6.96. The van der Waals surface area contributed by atoms with Crippen molar-refractivity contribution in [2.24, 2.45) is 5.16 Å². The van der Waals surface area contributed by atoms with Gasteiger partial charge in [-0.25, -0.2) is 0 Å². The number of halogens is 1. The predicted octanol–water partition coefficient (Wildman–Crippen LogP) is 3.22. The molecule has 17 heavy (non-hydrogen) atoms. The van der Waals surface area contributed by atoms with E-state index in [2.05, 4.69) is 27.7 Å². The molecule has 1 aromatic carbocycles. The van der Waals surface area contributed by atoms with E-state index >= 15 is 0 Å². The number of benzene rings is 1. The number of rotatable bonds is 6. The molecule has 0 saturated heterocycles. The van der Waals surface area contributed by atoms with Crippen molar-refractivity contribution in [3.8, 4) is 11.5 Å². The summed E-state index contributed by atoms with van der Waals surface area (Å²) in [7, 11) is 0. The first kappa shape index (κ1) is 13.6. The Labute approximate surface area is 109 Å². The van der Waals surface area contributed by atoms with E-state index < -0.39 is 0 Å². The van der Waals surface area contributed by atoms with Crippen molar-refractivity contribution < 1.29 is 14.7 Å². The highest BCUT2D eigenvalue weighted by Crippen LogP contribution is 2.36. The van der Waals surface area contributed by atoms with Gasteiger partial charge in [0.2, 0.25) is 0 Å². The lowest BCUT2D eigenvalue weighted by molar-refractivity contribution is 0.295. The third kappa shape index (κ3) is 3.78. The second-order valence-electron chi connectivity index (χ2n) is 3.11. The molecule has 0 atom stereocenters. The second-order valence-corrected chi connectivity index (χ2v) is 3.96. The van der Waals surface area contributed by atoms with E-state index in [1.165, 1.54) is 6.21 Å². The highest BCUT2D eigenvalue weighted by atomic mass is 79.9. The molecular weight excluding hydrogens is 286 g/mol. The van der Waals surface area contributed by atoms with E-state index in [0.29, 0.717) is 30.3 Å². The van der Waals surface area contributed by atoms with Crippen molar-refractivity contribution in [3.63, 3.8) is 0 Å². The Kier molecular flexibility index (Phi) is 5.56. The zero-order chi connectivity index (χ0) is 12.7. The monoisotopic (exact) mass is 299 g/mol. The molecule has 0 bridgehead atoms. The van der Waals surface area contributed by atoms with Crippen LogP contribution in [0.2, 0.25) is 0 Å². The molecule has 0 amide bonds. The van der Waals surface area contributed by atoms with Crippen LogP contribution < -0.4 is 9.47 Å². The lowest BCUT2D eigenvalue weighted by Gasteiger charge is -2.13. The molecule has 5 heteroatoms. The zero-order valence-corrected chi connectivity index (χ0v) is 11.1. The van der Waals surface area contributed by atoms with E-state index in [0.717, 1.165) is 4.47 Å². The van der Waals surface area contributed by atoms with Crippen LogP contribution in [-0.4, -0.2) is 24.6 Å². The molecular formula is C12H14BrNO3. The summed E-state index contributed by atoms with van der Waals surface area (Å²) in [4.78, 5) is 0. The van der Waals surface area contributed by atoms with Crippen LogP contribution in [0.5, 0.6) is 11.5 Å². The van der Waals surface area contributed by atoms with Gasteiger partial charge in [-0.3, -0.25) is 0 Å².